The van der Waals surface area contributed by atoms with Crippen molar-refractivity contribution in [2.24, 2.45) is 0 Å². The van der Waals surface area contributed by atoms with Gasteiger partial charge in [-0.05, 0) is 6.07 Å². The van der Waals surface area contributed by atoms with Crippen molar-refractivity contribution in [3.8, 4) is 0 Å². The van der Waals surface area contributed by atoms with E-state index in [9.17, 15) is 4.79 Å². The summed E-state index contributed by atoms with van der Waals surface area (Å²) in [6.45, 7) is 4.00. The number of nitrogens with one attached hydrogen (secondary N) is 2. The highest BCUT2D eigenvalue weighted by molar-refractivity contribution is 5.27. The van der Waals surface area contributed by atoms with E-state index in [0.717, 1.165) is 0 Å². The standard InChI is InChI=1S/C4H5N3O2.C2H6/c8-4-5-2-1-3(6-4)7-9;1-2/h1-2,9H,(H2,5,6,7,8);1-2H3. The maximum Gasteiger partial charge on any atom is 0.346 e. The number of rotatable bonds is 1. The van der Waals surface area contributed by atoms with Crippen LogP contribution in [0.4, 0.5) is 5.82 Å². The van der Waals surface area contributed by atoms with E-state index in [-0.39, 0.29) is 5.82 Å². The summed E-state index contributed by atoms with van der Waals surface area (Å²) in [4.78, 5) is 15.9. The van der Waals surface area contributed by atoms with Crippen LogP contribution < -0.4 is 11.2 Å². The van der Waals surface area contributed by atoms with Crippen LogP contribution in [0.2, 0.25) is 0 Å². The van der Waals surface area contributed by atoms with Crippen LogP contribution in [0.15, 0.2) is 17.1 Å². The zero-order valence-electron chi connectivity index (χ0n) is 6.46. The molecule has 0 aliphatic heterocycles. The van der Waals surface area contributed by atoms with E-state index < -0.39 is 5.69 Å². The lowest BCUT2D eigenvalue weighted by Crippen LogP contribution is -2.10. The van der Waals surface area contributed by atoms with Crippen LogP contribution in [-0.2, 0) is 0 Å². The van der Waals surface area contributed by atoms with Gasteiger partial charge in [0.1, 0.15) is 5.82 Å². The predicted molar refractivity (Wildman–Crippen MR) is 41.6 cm³/mol. The molecule has 1 heterocycles. The van der Waals surface area contributed by atoms with Crippen LogP contribution in [0.1, 0.15) is 13.8 Å². The van der Waals surface area contributed by atoms with Crippen molar-refractivity contribution in [1.29, 1.82) is 0 Å². The minimum Gasteiger partial charge on any atom is -0.291 e. The molecule has 11 heavy (non-hydrogen) atoms. The molecule has 0 aliphatic carbocycles. The summed E-state index contributed by atoms with van der Waals surface area (Å²) >= 11 is 0. The fourth-order valence-corrected chi connectivity index (χ4v) is 0.434. The Hall–Kier alpha value is -1.36. The van der Waals surface area contributed by atoms with E-state index in [0.29, 0.717) is 0 Å². The quantitative estimate of drug-likeness (QED) is 0.521. The van der Waals surface area contributed by atoms with E-state index >= 15 is 0 Å². The highest BCUT2D eigenvalue weighted by Crippen LogP contribution is 1.90. The third-order valence-electron chi connectivity index (χ3n) is 0.795. The van der Waals surface area contributed by atoms with Gasteiger partial charge in [0.25, 0.3) is 0 Å². The highest BCUT2D eigenvalue weighted by Gasteiger charge is 1.86. The lowest BCUT2D eigenvalue weighted by Gasteiger charge is -1.92. The largest absolute Gasteiger partial charge is 0.346 e. The lowest BCUT2D eigenvalue weighted by atomic mass is 10.6. The first-order valence-corrected chi connectivity index (χ1v) is 3.28. The summed E-state index contributed by atoms with van der Waals surface area (Å²) in [5, 5.41) is 8.21. The maximum absolute atomic E-state index is 10.3. The first-order chi connectivity index (χ1) is 5.33. The van der Waals surface area contributed by atoms with Crippen LogP contribution >= 0.6 is 0 Å². The minimum atomic E-state index is -0.492. The summed E-state index contributed by atoms with van der Waals surface area (Å²) in [5.74, 6) is 0.231. The second-order valence-electron chi connectivity index (χ2n) is 1.40. The average molecular weight is 157 g/mol. The van der Waals surface area contributed by atoms with Crippen molar-refractivity contribution in [1.82, 2.24) is 9.97 Å². The third kappa shape index (κ3) is 3.36. The van der Waals surface area contributed by atoms with Gasteiger partial charge in [-0.3, -0.25) is 15.7 Å². The van der Waals surface area contributed by atoms with E-state index in [4.69, 9.17) is 5.21 Å². The normalized spacial score (nSPS) is 7.91. The second kappa shape index (κ2) is 5.43. The maximum atomic E-state index is 10.3. The zero-order valence-corrected chi connectivity index (χ0v) is 6.46. The van der Waals surface area contributed by atoms with Crippen molar-refractivity contribution in [2.75, 3.05) is 5.48 Å². The number of H-pyrrole nitrogens is 1. The molecule has 0 atom stereocenters. The molecule has 0 saturated carbocycles. The fourth-order valence-electron chi connectivity index (χ4n) is 0.434. The molecule has 0 radical (unpaired) electrons. The number of aromatic nitrogens is 2. The Bertz CT molecular complexity index is 246. The van der Waals surface area contributed by atoms with Gasteiger partial charge in [-0.25, -0.2) is 9.78 Å². The predicted octanol–water partition coefficient (Wildman–Crippen LogP) is 0.597. The topological polar surface area (TPSA) is 78.0 Å². The number of anilines is 1. The van der Waals surface area contributed by atoms with Gasteiger partial charge in [-0.1, -0.05) is 13.8 Å². The van der Waals surface area contributed by atoms with Crippen molar-refractivity contribution in [3.05, 3.63) is 22.7 Å². The van der Waals surface area contributed by atoms with Gasteiger partial charge in [0.2, 0.25) is 0 Å². The summed E-state index contributed by atoms with van der Waals surface area (Å²) in [5.41, 5.74) is 1.28. The van der Waals surface area contributed by atoms with Crippen LogP contribution in [0.5, 0.6) is 0 Å². The molecule has 0 spiro atoms. The van der Waals surface area contributed by atoms with E-state index in [2.05, 4.69) is 9.97 Å². The molecule has 0 fully saturated rings. The van der Waals surface area contributed by atoms with Crippen molar-refractivity contribution < 1.29 is 5.21 Å². The monoisotopic (exact) mass is 157 g/mol. The molecule has 1 aromatic rings. The fraction of sp³-hybridized carbons (Fsp3) is 0.333. The summed E-state index contributed by atoms with van der Waals surface area (Å²) in [7, 11) is 0. The molecule has 0 aliphatic rings. The molecule has 3 N–H and O–H groups in total. The molecule has 0 aromatic carbocycles. The molecule has 5 nitrogen and oxygen atoms in total. The molecule has 1 aromatic heterocycles. The number of aromatic amines is 1. The average Bonchev–Trinajstić information content (AvgIpc) is 2.08. The van der Waals surface area contributed by atoms with Gasteiger partial charge in [0.15, 0.2) is 0 Å². The lowest BCUT2D eigenvalue weighted by molar-refractivity contribution is 0.385. The molecule has 0 bridgehead atoms. The number of hydrogen-bond donors (Lipinski definition) is 3. The van der Waals surface area contributed by atoms with Gasteiger partial charge in [-0.2, -0.15) is 0 Å². The smallest absolute Gasteiger partial charge is 0.291 e. The van der Waals surface area contributed by atoms with Crippen LogP contribution in [0.3, 0.4) is 0 Å². The van der Waals surface area contributed by atoms with Crippen LogP contribution in [-0.4, -0.2) is 15.2 Å². The van der Waals surface area contributed by atoms with Crippen LogP contribution in [0.25, 0.3) is 0 Å². The van der Waals surface area contributed by atoms with E-state index in [1.54, 1.807) is 5.48 Å². The Kier molecular flexibility index (Phi) is 4.76. The van der Waals surface area contributed by atoms with E-state index in [1.165, 1.54) is 12.3 Å². The molecule has 0 unspecified atom stereocenters. The molecule has 5 heteroatoms. The molecule has 1 rings (SSSR count). The summed E-state index contributed by atoms with van der Waals surface area (Å²) in [6.07, 6.45) is 1.29. The Morgan fingerprint density at radius 1 is 1.64 bits per heavy atom. The van der Waals surface area contributed by atoms with Gasteiger partial charge in [-0.15, -0.1) is 0 Å². The Morgan fingerprint density at radius 2 is 2.27 bits per heavy atom. The van der Waals surface area contributed by atoms with Crippen molar-refractivity contribution >= 4 is 5.82 Å². The van der Waals surface area contributed by atoms with Gasteiger partial charge < -0.3 is 0 Å². The minimum absolute atomic E-state index is 0.231. The summed E-state index contributed by atoms with van der Waals surface area (Å²) in [6, 6.07) is 1.43. The van der Waals surface area contributed by atoms with Crippen LogP contribution in [0, 0.1) is 0 Å². The van der Waals surface area contributed by atoms with Gasteiger partial charge >= 0.3 is 5.69 Å². The van der Waals surface area contributed by atoms with Crippen molar-refractivity contribution in [2.45, 2.75) is 13.8 Å². The second-order valence-corrected chi connectivity index (χ2v) is 1.40. The first kappa shape index (κ1) is 9.64. The first-order valence-electron chi connectivity index (χ1n) is 3.28. The number of hydrogen-bond acceptors (Lipinski definition) is 4. The highest BCUT2D eigenvalue weighted by atomic mass is 16.5. The molecule has 0 amide bonds. The van der Waals surface area contributed by atoms with Gasteiger partial charge in [0.05, 0.1) is 0 Å². The number of nitrogens with zero attached hydrogens (tertiary/aromatic N) is 1. The third-order valence-corrected chi connectivity index (χ3v) is 0.795. The zero-order chi connectivity index (χ0) is 8.69. The Labute approximate surface area is 64.1 Å². The summed E-state index contributed by atoms with van der Waals surface area (Å²) < 4.78 is 0. The molecule has 0 saturated heterocycles. The van der Waals surface area contributed by atoms with E-state index in [1.807, 2.05) is 13.8 Å². The Balaban J connectivity index is 0.000000461. The van der Waals surface area contributed by atoms with Gasteiger partial charge in [0, 0.05) is 6.20 Å². The molecule has 62 valence electrons. The SMILES string of the molecule is CC.O=c1nccc(NO)[nH]1. The Morgan fingerprint density at radius 3 is 2.64 bits per heavy atom. The molecular weight excluding hydrogens is 146 g/mol. The molecular formula is C6H11N3O2. The van der Waals surface area contributed by atoms with Crippen molar-refractivity contribution in [3.63, 3.8) is 0 Å².